The molecule has 9 heteroatoms. The average molecular weight is 413 g/mol. The van der Waals surface area contributed by atoms with Gasteiger partial charge in [0.25, 0.3) is 5.56 Å². The van der Waals surface area contributed by atoms with E-state index in [1.807, 2.05) is 24.5 Å². The van der Waals surface area contributed by atoms with E-state index < -0.39 is 0 Å². The Labute approximate surface area is 172 Å². The van der Waals surface area contributed by atoms with Crippen molar-refractivity contribution >= 4 is 28.6 Å². The topological polar surface area (TPSA) is 87.1 Å². The summed E-state index contributed by atoms with van der Waals surface area (Å²) in [5, 5.41) is 0.563. The van der Waals surface area contributed by atoms with Gasteiger partial charge in [0.15, 0.2) is 0 Å². The minimum Gasteiger partial charge on any atom is -0.338 e. The molecule has 29 heavy (non-hydrogen) atoms. The second kappa shape index (κ2) is 8.79. The van der Waals surface area contributed by atoms with E-state index in [2.05, 4.69) is 24.8 Å². The minimum absolute atomic E-state index is 0.217. The van der Waals surface area contributed by atoms with Gasteiger partial charge in [0.05, 0.1) is 10.9 Å². The van der Waals surface area contributed by atoms with Crippen LogP contribution in [-0.4, -0.2) is 63.4 Å². The van der Waals surface area contributed by atoms with Crippen LogP contribution in [0.2, 0.25) is 0 Å². The Morgan fingerprint density at radius 3 is 2.55 bits per heavy atom. The molecule has 0 spiro atoms. The fraction of sp³-hybridized carbons (Fsp3) is 0.400. The lowest BCUT2D eigenvalue weighted by Gasteiger charge is -2.34. The first-order valence-electron chi connectivity index (χ1n) is 9.71. The first kappa shape index (κ1) is 19.7. The molecule has 3 aromatic rings. The molecule has 1 aliphatic rings. The third-order valence-electron chi connectivity index (χ3n) is 5.25. The number of fused-ring (bicyclic) bond motifs is 1. The molecule has 0 aliphatic carbocycles. The van der Waals surface area contributed by atoms with E-state index in [1.165, 1.54) is 4.57 Å². The predicted octanol–water partition coefficient (Wildman–Crippen LogP) is 1.41. The number of rotatable bonds is 6. The van der Waals surface area contributed by atoms with Crippen LogP contribution in [0, 0.1) is 0 Å². The fourth-order valence-corrected chi connectivity index (χ4v) is 4.08. The van der Waals surface area contributed by atoms with E-state index in [9.17, 15) is 9.59 Å². The SMILES string of the molecule is CSc1ccc2[nH]c(=O)n(CCCN3CCN(c4ncccn4)CC3)c(=O)c2c1. The summed E-state index contributed by atoms with van der Waals surface area (Å²) in [4.78, 5) is 42.1. The van der Waals surface area contributed by atoms with Gasteiger partial charge in [-0.25, -0.2) is 14.8 Å². The summed E-state index contributed by atoms with van der Waals surface area (Å²) >= 11 is 1.58. The molecule has 3 heterocycles. The number of hydrogen-bond acceptors (Lipinski definition) is 7. The molecule has 0 saturated carbocycles. The average Bonchev–Trinajstić information content (AvgIpc) is 2.77. The van der Waals surface area contributed by atoms with Crippen LogP contribution in [0.3, 0.4) is 0 Å². The summed E-state index contributed by atoms with van der Waals surface area (Å²) in [5.74, 6) is 0.769. The molecule has 2 aromatic heterocycles. The summed E-state index contributed by atoms with van der Waals surface area (Å²) in [6, 6.07) is 7.37. The van der Waals surface area contributed by atoms with Gasteiger partial charge in [-0.2, -0.15) is 0 Å². The molecule has 1 aliphatic heterocycles. The molecule has 152 valence electrons. The second-order valence-electron chi connectivity index (χ2n) is 7.03. The number of piperazine rings is 1. The number of aromatic nitrogens is 4. The molecule has 0 unspecified atom stereocenters. The van der Waals surface area contributed by atoms with E-state index in [1.54, 1.807) is 30.2 Å². The van der Waals surface area contributed by atoms with E-state index in [4.69, 9.17) is 0 Å². The molecular formula is C20H24N6O2S. The molecule has 4 rings (SSSR count). The molecule has 1 saturated heterocycles. The van der Waals surface area contributed by atoms with Crippen molar-refractivity contribution in [2.24, 2.45) is 0 Å². The Bertz CT molecular complexity index is 1090. The molecule has 0 radical (unpaired) electrons. The van der Waals surface area contributed by atoms with Gasteiger partial charge in [0.2, 0.25) is 5.95 Å². The van der Waals surface area contributed by atoms with Crippen molar-refractivity contribution in [3.05, 3.63) is 57.5 Å². The molecular weight excluding hydrogens is 388 g/mol. The smallest absolute Gasteiger partial charge is 0.328 e. The van der Waals surface area contributed by atoms with Crippen LogP contribution in [0.5, 0.6) is 0 Å². The maximum absolute atomic E-state index is 12.8. The number of thioether (sulfide) groups is 1. The Morgan fingerprint density at radius 1 is 1.07 bits per heavy atom. The number of hydrogen-bond donors (Lipinski definition) is 1. The Hall–Kier alpha value is -2.65. The minimum atomic E-state index is -0.342. The van der Waals surface area contributed by atoms with Gasteiger partial charge >= 0.3 is 5.69 Å². The number of anilines is 1. The van der Waals surface area contributed by atoms with Gasteiger partial charge in [-0.05, 0) is 43.5 Å². The van der Waals surface area contributed by atoms with E-state index in [0.29, 0.717) is 17.4 Å². The normalized spacial score (nSPS) is 15.1. The van der Waals surface area contributed by atoms with Crippen molar-refractivity contribution in [3.8, 4) is 0 Å². The van der Waals surface area contributed by atoms with E-state index in [0.717, 1.165) is 50.0 Å². The molecule has 0 amide bonds. The summed E-state index contributed by atoms with van der Waals surface area (Å²) in [6.45, 7) is 4.83. The van der Waals surface area contributed by atoms with Crippen molar-refractivity contribution < 1.29 is 0 Å². The summed E-state index contributed by atoms with van der Waals surface area (Å²) in [7, 11) is 0. The van der Waals surface area contributed by atoms with Gasteiger partial charge in [0, 0.05) is 50.0 Å². The summed E-state index contributed by atoms with van der Waals surface area (Å²) in [6.07, 6.45) is 6.24. The highest BCUT2D eigenvalue weighted by Gasteiger charge is 2.18. The molecule has 1 fully saturated rings. The van der Waals surface area contributed by atoms with Crippen LogP contribution in [0.4, 0.5) is 5.95 Å². The first-order valence-corrected chi connectivity index (χ1v) is 10.9. The van der Waals surface area contributed by atoms with Crippen LogP contribution < -0.4 is 16.1 Å². The standard InChI is InChI=1S/C20H24N6O2S/c1-29-15-4-5-17-16(14-15)18(27)26(20(28)23-17)9-3-8-24-10-12-25(13-11-24)19-21-6-2-7-22-19/h2,4-7,14H,3,8-13H2,1H3,(H,23,28). The number of H-pyrrole nitrogens is 1. The van der Waals surface area contributed by atoms with Crippen LogP contribution >= 0.6 is 11.8 Å². The first-order chi connectivity index (χ1) is 14.2. The summed E-state index contributed by atoms with van der Waals surface area (Å²) in [5.41, 5.74) is 0.0319. The Kier molecular flexibility index (Phi) is 5.96. The maximum Gasteiger partial charge on any atom is 0.328 e. The van der Waals surface area contributed by atoms with Gasteiger partial charge in [-0.3, -0.25) is 14.3 Å². The van der Waals surface area contributed by atoms with Crippen LogP contribution in [0.1, 0.15) is 6.42 Å². The third-order valence-corrected chi connectivity index (χ3v) is 5.98. The van der Waals surface area contributed by atoms with Crippen molar-refractivity contribution in [1.82, 2.24) is 24.4 Å². The zero-order valence-electron chi connectivity index (χ0n) is 16.4. The molecule has 1 aromatic carbocycles. The van der Waals surface area contributed by atoms with E-state index in [-0.39, 0.29) is 11.2 Å². The molecule has 0 atom stereocenters. The molecule has 0 bridgehead atoms. The van der Waals surface area contributed by atoms with Crippen LogP contribution in [-0.2, 0) is 6.54 Å². The van der Waals surface area contributed by atoms with Gasteiger partial charge in [0.1, 0.15) is 0 Å². The van der Waals surface area contributed by atoms with Gasteiger partial charge < -0.3 is 9.88 Å². The van der Waals surface area contributed by atoms with Crippen molar-refractivity contribution in [1.29, 1.82) is 0 Å². The van der Waals surface area contributed by atoms with Crippen LogP contribution in [0.25, 0.3) is 10.9 Å². The van der Waals surface area contributed by atoms with Gasteiger partial charge in [-0.15, -0.1) is 11.8 Å². The lowest BCUT2D eigenvalue weighted by atomic mass is 10.2. The largest absolute Gasteiger partial charge is 0.338 e. The quantitative estimate of drug-likeness (QED) is 0.613. The van der Waals surface area contributed by atoms with Crippen molar-refractivity contribution in [3.63, 3.8) is 0 Å². The lowest BCUT2D eigenvalue weighted by Crippen LogP contribution is -2.47. The van der Waals surface area contributed by atoms with Crippen molar-refractivity contribution in [2.45, 2.75) is 17.9 Å². The number of benzene rings is 1. The highest BCUT2D eigenvalue weighted by molar-refractivity contribution is 7.98. The van der Waals surface area contributed by atoms with E-state index >= 15 is 0 Å². The zero-order chi connectivity index (χ0) is 20.2. The maximum atomic E-state index is 12.8. The molecule has 1 N–H and O–H groups in total. The van der Waals surface area contributed by atoms with Crippen molar-refractivity contribution in [2.75, 3.05) is 43.9 Å². The number of nitrogens with zero attached hydrogens (tertiary/aromatic N) is 5. The third kappa shape index (κ3) is 4.35. The monoisotopic (exact) mass is 412 g/mol. The molecule has 8 nitrogen and oxygen atoms in total. The second-order valence-corrected chi connectivity index (χ2v) is 7.91. The zero-order valence-corrected chi connectivity index (χ0v) is 17.2. The highest BCUT2D eigenvalue weighted by Crippen LogP contribution is 2.17. The Morgan fingerprint density at radius 2 is 1.83 bits per heavy atom. The van der Waals surface area contributed by atoms with Crippen LogP contribution in [0.15, 0.2) is 51.1 Å². The number of aromatic amines is 1. The fourth-order valence-electron chi connectivity index (χ4n) is 3.64. The lowest BCUT2D eigenvalue weighted by molar-refractivity contribution is 0.248. The summed E-state index contributed by atoms with van der Waals surface area (Å²) < 4.78 is 1.32. The number of nitrogens with one attached hydrogen (secondary N) is 1. The Balaban J connectivity index is 1.37. The van der Waals surface area contributed by atoms with Gasteiger partial charge in [-0.1, -0.05) is 0 Å². The predicted molar refractivity (Wildman–Crippen MR) is 116 cm³/mol. The highest BCUT2D eigenvalue weighted by atomic mass is 32.2.